The van der Waals surface area contributed by atoms with Crippen molar-refractivity contribution in [3.8, 4) is 0 Å². The molecule has 0 spiro atoms. The second-order valence-corrected chi connectivity index (χ2v) is 8.53. The highest BCUT2D eigenvalue weighted by molar-refractivity contribution is 6.00. The molecule has 5 rings (SSSR count). The zero-order chi connectivity index (χ0) is 21.4. The molecule has 0 saturated carbocycles. The molecule has 31 heavy (non-hydrogen) atoms. The average molecular weight is 420 g/mol. The fourth-order valence-electron chi connectivity index (χ4n) is 4.69. The predicted molar refractivity (Wildman–Crippen MR) is 119 cm³/mol. The third kappa shape index (κ3) is 3.65. The van der Waals surface area contributed by atoms with Crippen molar-refractivity contribution in [1.82, 2.24) is 14.5 Å². The molecule has 2 atom stereocenters. The Bertz CT molecular complexity index is 1250. The maximum Gasteiger partial charge on any atom is 0.410 e. The van der Waals surface area contributed by atoms with Gasteiger partial charge in [-0.1, -0.05) is 25.2 Å². The molecule has 4 heterocycles. The molecular weight excluding hydrogens is 392 g/mol. The van der Waals surface area contributed by atoms with Gasteiger partial charge in [-0.3, -0.25) is 4.79 Å². The molecule has 0 aromatic carbocycles. The van der Waals surface area contributed by atoms with E-state index < -0.39 is 0 Å². The van der Waals surface area contributed by atoms with E-state index >= 15 is 0 Å². The van der Waals surface area contributed by atoms with Crippen molar-refractivity contribution in [1.29, 1.82) is 0 Å². The second kappa shape index (κ2) is 8.06. The molecule has 0 bridgehead atoms. The van der Waals surface area contributed by atoms with E-state index in [1.807, 2.05) is 30.6 Å². The summed E-state index contributed by atoms with van der Waals surface area (Å²) in [5, 5.41) is 1.62. The lowest BCUT2D eigenvalue weighted by molar-refractivity contribution is -0.345. The first kappa shape index (κ1) is 19.6. The molecule has 1 saturated heterocycles. The van der Waals surface area contributed by atoms with Gasteiger partial charge in [-0.25, -0.2) is 14.8 Å². The minimum absolute atomic E-state index is 0.0138. The Hall–Kier alpha value is -3.35. The van der Waals surface area contributed by atoms with E-state index in [9.17, 15) is 9.59 Å². The van der Waals surface area contributed by atoms with Gasteiger partial charge < -0.3 is 14.2 Å². The number of allylic oxidation sites excluding steroid dienone is 3. The van der Waals surface area contributed by atoms with Crippen molar-refractivity contribution >= 4 is 28.0 Å². The lowest BCUT2D eigenvalue weighted by Gasteiger charge is -2.38. The molecule has 160 valence electrons. The minimum Gasteiger partial charge on any atom is -0.445 e. The number of likely N-dealkylation sites (tertiary alicyclic amines) is 1. The Morgan fingerprint density at radius 1 is 1.32 bits per heavy atom. The van der Waals surface area contributed by atoms with Crippen LogP contribution in [0.25, 0.3) is 21.9 Å². The van der Waals surface area contributed by atoms with Crippen LogP contribution < -0.4 is 10.4 Å². The van der Waals surface area contributed by atoms with Crippen molar-refractivity contribution in [3.63, 3.8) is 0 Å². The van der Waals surface area contributed by atoms with Crippen LogP contribution in [0, 0.1) is 5.92 Å². The van der Waals surface area contributed by atoms with Gasteiger partial charge in [0.2, 0.25) is 0 Å². The smallest absolute Gasteiger partial charge is 0.410 e. The molecule has 7 heteroatoms. The van der Waals surface area contributed by atoms with E-state index in [-0.39, 0.29) is 17.6 Å². The van der Waals surface area contributed by atoms with Gasteiger partial charge in [0.05, 0.1) is 28.5 Å². The number of H-pyrrole nitrogens is 2. The maximum absolute atomic E-state index is 12.8. The number of ether oxygens (including phenoxy) is 1. The Kier molecular flexibility index (Phi) is 5.10. The molecule has 2 aliphatic rings. The minimum atomic E-state index is -0.266. The van der Waals surface area contributed by atoms with Gasteiger partial charge in [0.15, 0.2) is 5.43 Å². The standard InChI is InChI=1S/C24H26N4O3/c1-16-8-11-27(24(30)31-15-17-5-3-2-4-6-17)14-20(16)28-12-9-21(29)19-13-26-23-18(22(19)28)7-10-25-23/h2-3,5,7,9-10,12-13,16,20H,4,6,8,11,14-15H2,1H3,(H,25,26)/p+1. The van der Waals surface area contributed by atoms with Gasteiger partial charge in [0.25, 0.3) is 5.65 Å². The lowest BCUT2D eigenvalue weighted by Crippen LogP contribution is -2.44. The highest BCUT2D eigenvalue weighted by Gasteiger charge is 2.32. The van der Waals surface area contributed by atoms with Gasteiger partial charge in [0.1, 0.15) is 12.8 Å². The molecule has 1 amide bonds. The number of amides is 1. The van der Waals surface area contributed by atoms with E-state index in [0.29, 0.717) is 31.0 Å². The van der Waals surface area contributed by atoms with Gasteiger partial charge in [-0.2, -0.15) is 0 Å². The largest absolute Gasteiger partial charge is 0.445 e. The topological polar surface area (TPSA) is 81.5 Å². The first-order chi connectivity index (χ1) is 15.1. The third-order valence-corrected chi connectivity index (χ3v) is 6.54. The molecular formula is C24H27N4O3+. The van der Waals surface area contributed by atoms with E-state index in [1.54, 1.807) is 17.2 Å². The Morgan fingerprint density at radius 3 is 3.06 bits per heavy atom. The summed E-state index contributed by atoms with van der Waals surface area (Å²) in [6, 6.07) is 3.65. The SMILES string of the molecule is CC1CCN(C(=O)OCC2=CC=CCC2)CC1n1ccc(=O)c2c[nH+]c3[nH]ccc3c21. The molecule has 1 aliphatic carbocycles. The first-order valence-corrected chi connectivity index (χ1v) is 10.9. The summed E-state index contributed by atoms with van der Waals surface area (Å²) in [5.74, 6) is 0.360. The number of aromatic amines is 2. The highest BCUT2D eigenvalue weighted by Crippen LogP contribution is 2.32. The Labute approximate surface area is 180 Å². The van der Waals surface area contributed by atoms with Crippen molar-refractivity contribution < 1.29 is 14.5 Å². The molecule has 0 radical (unpaired) electrons. The molecule has 1 fully saturated rings. The van der Waals surface area contributed by atoms with Crippen molar-refractivity contribution in [2.45, 2.75) is 32.2 Å². The molecule has 2 unspecified atom stereocenters. The molecule has 7 nitrogen and oxygen atoms in total. The highest BCUT2D eigenvalue weighted by atomic mass is 16.6. The zero-order valence-corrected chi connectivity index (χ0v) is 17.6. The number of hydrogen-bond donors (Lipinski definition) is 1. The molecule has 3 aromatic rings. The first-order valence-electron chi connectivity index (χ1n) is 10.9. The van der Waals surface area contributed by atoms with E-state index in [1.165, 1.54) is 0 Å². The normalized spacial score (nSPS) is 21.5. The number of nitrogens with one attached hydrogen (secondary N) is 2. The van der Waals surface area contributed by atoms with Gasteiger partial charge in [-0.15, -0.1) is 0 Å². The average Bonchev–Trinajstić information content (AvgIpc) is 3.28. The van der Waals surface area contributed by atoms with E-state index in [2.05, 4.69) is 27.5 Å². The quantitative estimate of drug-likeness (QED) is 0.704. The van der Waals surface area contributed by atoms with Gasteiger partial charge >= 0.3 is 6.09 Å². The monoisotopic (exact) mass is 419 g/mol. The van der Waals surface area contributed by atoms with Crippen LogP contribution in [-0.4, -0.2) is 40.2 Å². The van der Waals surface area contributed by atoms with Crippen LogP contribution in [0.2, 0.25) is 0 Å². The number of pyridine rings is 2. The van der Waals surface area contributed by atoms with Crippen LogP contribution in [0.3, 0.4) is 0 Å². The summed E-state index contributed by atoms with van der Waals surface area (Å²) in [7, 11) is 0. The summed E-state index contributed by atoms with van der Waals surface area (Å²) in [5.41, 5.74) is 2.91. The summed E-state index contributed by atoms with van der Waals surface area (Å²) >= 11 is 0. The molecule has 1 aliphatic heterocycles. The number of aromatic nitrogens is 3. The number of carbonyl (C=O) groups excluding carboxylic acids is 1. The van der Waals surface area contributed by atoms with Crippen LogP contribution in [0.4, 0.5) is 4.79 Å². The van der Waals surface area contributed by atoms with Crippen LogP contribution >= 0.6 is 0 Å². The zero-order valence-electron chi connectivity index (χ0n) is 17.6. The van der Waals surface area contributed by atoms with Crippen LogP contribution in [0.1, 0.15) is 32.2 Å². The van der Waals surface area contributed by atoms with Crippen molar-refractivity contribution in [2.24, 2.45) is 5.92 Å². The van der Waals surface area contributed by atoms with Crippen molar-refractivity contribution in [2.75, 3.05) is 19.7 Å². The van der Waals surface area contributed by atoms with Gasteiger partial charge in [0, 0.05) is 25.4 Å². The maximum atomic E-state index is 12.8. The summed E-state index contributed by atoms with van der Waals surface area (Å²) < 4.78 is 7.79. The van der Waals surface area contributed by atoms with Crippen LogP contribution in [0.5, 0.6) is 0 Å². The number of rotatable bonds is 3. The third-order valence-electron chi connectivity index (χ3n) is 6.54. The second-order valence-electron chi connectivity index (χ2n) is 8.53. The Balaban J connectivity index is 1.44. The van der Waals surface area contributed by atoms with E-state index in [0.717, 1.165) is 41.4 Å². The van der Waals surface area contributed by atoms with Crippen LogP contribution in [-0.2, 0) is 4.74 Å². The van der Waals surface area contributed by atoms with Crippen LogP contribution in [0.15, 0.2) is 59.3 Å². The van der Waals surface area contributed by atoms with E-state index in [4.69, 9.17) is 4.74 Å². The number of piperidine rings is 1. The van der Waals surface area contributed by atoms with Crippen molar-refractivity contribution in [3.05, 3.63) is 64.7 Å². The lowest BCUT2D eigenvalue weighted by atomic mass is 9.92. The summed E-state index contributed by atoms with van der Waals surface area (Å²) in [6.07, 6.45) is 14.2. The molecule has 2 N–H and O–H groups in total. The summed E-state index contributed by atoms with van der Waals surface area (Å²) in [4.78, 5) is 33.5. The fourth-order valence-corrected chi connectivity index (χ4v) is 4.69. The number of hydrogen-bond acceptors (Lipinski definition) is 3. The fraction of sp³-hybridized carbons (Fsp3) is 0.375. The summed E-state index contributed by atoms with van der Waals surface area (Å²) in [6.45, 7) is 3.79. The van der Waals surface area contributed by atoms with Gasteiger partial charge in [-0.05, 0) is 36.8 Å². The molecule has 3 aromatic heterocycles. The number of nitrogens with zero attached hydrogens (tertiary/aromatic N) is 2. The number of fused-ring (bicyclic) bond motifs is 3. The predicted octanol–water partition coefficient (Wildman–Crippen LogP) is 3.59. The number of carbonyl (C=O) groups is 1. The Morgan fingerprint density at radius 2 is 2.23 bits per heavy atom.